The highest BCUT2D eigenvalue weighted by molar-refractivity contribution is 9.10. The van der Waals surface area contributed by atoms with Gasteiger partial charge >= 0.3 is 5.69 Å². The Bertz CT molecular complexity index is 855. The molecule has 1 heterocycles. The summed E-state index contributed by atoms with van der Waals surface area (Å²) < 4.78 is 14.3. The summed E-state index contributed by atoms with van der Waals surface area (Å²) in [6, 6.07) is 10.0. The molecule has 3 rings (SSSR count). The average Bonchev–Trinajstić information content (AvgIpc) is 2.83. The molecule has 1 aromatic heterocycles. The molecule has 0 spiro atoms. The van der Waals surface area contributed by atoms with Crippen molar-refractivity contribution in [2.24, 2.45) is 0 Å². The van der Waals surface area contributed by atoms with Gasteiger partial charge in [0.2, 0.25) is 0 Å². The van der Waals surface area contributed by atoms with Crippen molar-refractivity contribution in [1.82, 2.24) is 15.3 Å². The third-order valence-electron chi connectivity index (χ3n) is 3.43. The molecule has 0 aliphatic carbocycles. The van der Waals surface area contributed by atoms with Crippen LogP contribution in [0.5, 0.6) is 0 Å². The molecule has 0 bridgehead atoms. The maximum Gasteiger partial charge on any atom is 0.323 e. The lowest BCUT2D eigenvalue weighted by Gasteiger charge is -2.19. The summed E-state index contributed by atoms with van der Waals surface area (Å²) in [5.41, 5.74) is 2.97. The number of hydrogen-bond acceptors (Lipinski definition) is 2. The SMILES string of the molecule is CNC(c1ccc2[nH]c(=O)[nH]c2c1)c1cc(F)ccc1Br. The number of imidazole rings is 1. The molecule has 1 atom stereocenters. The number of halogens is 2. The number of fused-ring (bicyclic) bond motifs is 1. The first-order valence-corrected chi connectivity index (χ1v) is 7.22. The highest BCUT2D eigenvalue weighted by atomic mass is 79.9. The van der Waals surface area contributed by atoms with Crippen molar-refractivity contribution in [3.05, 3.63) is 68.3 Å². The van der Waals surface area contributed by atoms with Gasteiger partial charge in [-0.1, -0.05) is 22.0 Å². The summed E-state index contributed by atoms with van der Waals surface area (Å²) >= 11 is 3.45. The van der Waals surface area contributed by atoms with E-state index in [0.29, 0.717) is 0 Å². The molecule has 0 amide bonds. The van der Waals surface area contributed by atoms with Crippen molar-refractivity contribution >= 4 is 27.0 Å². The van der Waals surface area contributed by atoms with Gasteiger partial charge in [0.05, 0.1) is 17.1 Å². The van der Waals surface area contributed by atoms with Crippen molar-refractivity contribution in [2.75, 3.05) is 7.05 Å². The number of aromatic nitrogens is 2. The first-order valence-electron chi connectivity index (χ1n) is 6.42. The summed E-state index contributed by atoms with van der Waals surface area (Å²) in [6.45, 7) is 0. The Labute approximate surface area is 128 Å². The zero-order chi connectivity index (χ0) is 15.0. The summed E-state index contributed by atoms with van der Waals surface area (Å²) in [6.07, 6.45) is 0. The molecule has 3 aromatic rings. The smallest absolute Gasteiger partial charge is 0.309 e. The van der Waals surface area contributed by atoms with E-state index < -0.39 is 0 Å². The number of benzene rings is 2. The lowest BCUT2D eigenvalue weighted by atomic mass is 9.98. The molecule has 0 saturated carbocycles. The molecule has 1 unspecified atom stereocenters. The van der Waals surface area contributed by atoms with Crippen LogP contribution in [0.2, 0.25) is 0 Å². The van der Waals surface area contributed by atoms with Crippen LogP contribution in [0, 0.1) is 5.82 Å². The number of aromatic amines is 2. The molecule has 6 heteroatoms. The summed E-state index contributed by atoms with van der Waals surface area (Å²) in [5, 5.41) is 3.18. The van der Waals surface area contributed by atoms with Crippen molar-refractivity contribution in [3.8, 4) is 0 Å². The predicted molar refractivity (Wildman–Crippen MR) is 83.9 cm³/mol. The Morgan fingerprint density at radius 1 is 1.14 bits per heavy atom. The molecule has 3 N–H and O–H groups in total. The first-order chi connectivity index (χ1) is 10.1. The molecule has 4 nitrogen and oxygen atoms in total. The Morgan fingerprint density at radius 3 is 2.67 bits per heavy atom. The van der Waals surface area contributed by atoms with Gasteiger partial charge in [-0.2, -0.15) is 0 Å². The lowest BCUT2D eigenvalue weighted by Crippen LogP contribution is -2.18. The van der Waals surface area contributed by atoms with E-state index in [1.54, 1.807) is 6.07 Å². The quantitative estimate of drug-likeness (QED) is 0.680. The molecular formula is C15H13BrFN3O. The largest absolute Gasteiger partial charge is 0.323 e. The Hall–Kier alpha value is -1.92. The second kappa shape index (κ2) is 5.46. The van der Waals surface area contributed by atoms with Gasteiger partial charge in [-0.15, -0.1) is 0 Å². The Morgan fingerprint density at radius 2 is 1.90 bits per heavy atom. The summed E-state index contributed by atoms with van der Waals surface area (Å²) in [4.78, 5) is 16.8. The van der Waals surface area contributed by atoms with Gasteiger partial charge < -0.3 is 15.3 Å². The van der Waals surface area contributed by atoms with Crippen LogP contribution >= 0.6 is 15.9 Å². The van der Waals surface area contributed by atoms with Crippen LogP contribution in [0.15, 0.2) is 45.7 Å². The zero-order valence-electron chi connectivity index (χ0n) is 11.2. The van der Waals surface area contributed by atoms with Gasteiger partial charge in [-0.25, -0.2) is 9.18 Å². The zero-order valence-corrected chi connectivity index (χ0v) is 12.8. The molecule has 0 radical (unpaired) electrons. The van der Waals surface area contributed by atoms with Gasteiger partial charge in [0.25, 0.3) is 0 Å². The second-order valence-electron chi connectivity index (χ2n) is 4.77. The third kappa shape index (κ3) is 2.64. The highest BCUT2D eigenvalue weighted by Crippen LogP contribution is 2.30. The molecular weight excluding hydrogens is 337 g/mol. The number of hydrogen-bond donors (Lipinski definition) is 3. The van der Waals surface area contributed by atoms with Crippen LogP contribution in [-0.2, 0) is 0 Å². The highest BCUT2D eigenvalue weighted by Gasteiger charge is 2.16. The molecule has 0 saturated heterocycles. The summed E-state index contributed by atoms with van der Waals surface area (Å²) in [7, 11) is 1.81. The standard InChI is InChI=1S/C15H13BrFN3O/c1-18-14(10-7-9(17)3-4-11(10)16)8-2-5-12-13(6-8)20-15(21)19-12/h2-7,14,18H,1H3,(H2,19,20,21). The minimum Gasteiger partial charge on any atom is -0.309 e. The fourth-order valence-electron chi connectivity index (χ4n) is 2.47. The molecule has 0 aliphatic rings. The topological polar surface area (TPSA) is 60.7 Å². The van der Waals surface area contributed by atoms with Crippen LogP contribution in [0.4, 0.5) is 4.39 Å². The molecule has 21 heavy (non-hydrogen) atoms. The van der Waals surface area contributed by atoms with E-state index in [4.69, 9.17) is 0 Å². The first kappa shape index (κ1) is 14.0. The van der Waals surface area contributed by atoms with Crippen molar-refractivity contribution in [1.29, 1.82) is 0 Å². The van der Waals surface area contributed by atoms with E-state index in [0.717, 1.165) is 26.6 Å². The van der Waals surface area contributed by atoms with Crippen LogP contribution in [-0.4, -0.2) is 17.0 Å². The van der Waals surface area contributed by atoms with Crippen LogP contribution < -0.4 is 11.0 Å². The number of H-pyrrole nitrogens is 2. The number of nitrogens with one attached hydrogen (secondary N) is 3. The van der Waals surface area contributed by atoms with Crippen LogP contribution in [0.3, 0.4) is 0 Å². The van der Waals surface area contributed by atoms with E-state index in [1.807, 2.05) is 25.2 Å². The van der Waals surface area contributed by atoms with E-state index in [2.05, 4.69) is 31.2 Å². The number of rotatable bonds is 3. The van der Waals surface area contributed by atoms with Crippen LogP contribution in [0.25, 0.3) is 11.0 Å². The van der Waals surface area contributed by atoms with Crippen molar-refractivity contribution in [2.45, 2.75) is 6.04 Å². The van der Waals surface area contributed by atoms with Gasteiger partial charge in [0.15, 0.2) is 0 Å². The third-order valence-corrected chi connectivity index (χ3v) is 4.15. The Balaban J connectivity index is 2.12. The molecule has 0 aliphatic heterocycles. The van der Waals surface area contributed by atoms with E-state index in [-0.39, 0.29) is 17.5 Å². The summed E-state index contributed by atoms with van der Waals surface area (Å²) in [5.74, 6) is -0.287. The monoisotopic (exact) mass is 349 g/mol. The fraction of sp³-hybridized carbons (Fsp3) is 0.133. The van der Waals surface area contributed by atoms with Gasteiger partial charge in [-0.3, -0.25) is 0 Å². The molecule has 108 valence electrons. The van der Waals surface area contributed by atoms with Gasteiger partial charge in [-0.05, 0) is 48.5 Å². The lowest BCUT2D eigenvalue weighted by molar-refractivity contribution is 0.615. The minimum absolute atomic E-state index is 0.183. The van der Waals surface area contributed by atoms with E-state index in [1.165, 1.54) is 12.1 Å². The van der Waals surface area contributed by atoms with Crippen molar-refractivity contribution in [3.63, 3.8) is 0 Å². The van der Waals surface area contributed by atoms with Gasteiger partial charge in [0.1, 0.15) is 5.82 Å². The van der Waals surface area contributed by atoms with Gasteiger partial charge in [0, 0.05) is 4.47 Å². The maximum absolute atomic E-state index is 13.5. The van der Waals surface area contributed by atoms with Crippen molar-refractivity contribution < 1.29 is 4.39 Å². The Kier molecular flexibility index (Phi) is 3.65. The second-order valence-corrected chi connectivity index (χ2v) is 5.63. The maximum atomic E-state index is 13.5. The minimum atomic E-state index is -0.287. The van der Waals surface area contributed by atoms with E-state index in [9.17, 15) is 9.18 Å². The van der Waals surface area contributed by atoms with Crippen LogP contribution in [0.1, 0.15) is 17.2 Å². The molecule has 0 fully saturated rings. The average molecular weight is 350 g/mol. The normalized spacial score (nSPS) is 12.7. The van der Waals surface area contributed by atoms with E-state index >= 15 is 0 Å². The fourth-order valence-corrected chi connectivity index (χ4v) is 2.94. The molecule has 2 aromatic carbocycles. The predicted octanol–water partition coefficient (Wildman–Crippen LogP) is 3.07.